The van der Waals surface area contributed by atoms with Gasteiger partial charge in [-0.15, -0.1) is 0 Å². The number of ether oxygens (including phenoxy) is 3. The fourth-order valence-electron chi connectivity index (χ4n) is 4.56. The Morgan fingerprint density at radius 1 is 1.05 bits per heavy atom. The summed E-state index contributed by atoms with van der Waals surface area (Å²) in [6, 6.07) is 13.5. The number of rotatable bonds is 9. The highest BCUT2D eigenvalue weighted by Crippen LogP contribution is 2.29. The molecule has 11 nitrogen and oxygen atoms in total. The van der Waals surface area contributed by atoms with Crippen molar-refractivity contribution in [3.05, 3.63) is 60.7 Å². The van der Waals surface area contributed by atoms with E-state index >= 15 is 0 Å². The van der Waals surface area contributed by atoms with Crippen LogP contribution < -0.4 is 19.1 Å². The van der Waals surface area contributed by atoms with E-state index in [4.69, 9.17) is 19.2 Å². The second-order valence-electron chi connectivity index (χ2n) is 9.65. The van der Waals surface area contributed by atoms with Gasteiger partial charge in [0.05, 0.1) is 31.7 Å². The van der Waals surface area contributed by atoms with Gasteiger partial charge >= 0.3 is 0 Å². The number of aromatic nitrogens is 4. The van der Waals surface area contributed by atoms with Crippen molar-refractivity contribution in [3.8, 4) is 34.7 Å². The topological polar surface area (TPSA) is 127 Å². The van der Waals surface area contributed by atoms with Crippen molar-refractivity contribution < 1.29 is 18.4 Å². The Kier molecular flexibility index (Phi) is 8.02. The zero-order valence-corrected chi connectivity index (χ0v) is 23.5. The molecule has 0 saturated carbocycles. The van der Waals surface area contributed by atoms with Crippen LogP contribution in [0.15, 0.2) is 59.4 Å². The van der Waals surface area contributed by atoms with Gasteiger partial charge < -0.3 is 19.1 Å². The first kappa shape index (κ1) is 27.2. The Bertz CT molecular complexity index is 1620. The molecule has 1 saturated heterocycles. The van der Waals surface area contributed by atoms with E-state index in [1.807, 2.05) is 24.3 Å². The molecule has 40 heavy (non-hydrogen) atoms. The largest absolute Gasteiger partial charge is 0.491 e. The SMILES string of the molecule is COc1ccc(OC2CCN(c3ccc(-c4cc(OCCN=S(C)(C)=O)cc5ncc(C#N)n45)cn3)CC2)cn1. The monoisotopic (exact) mass is 561 g/mol. The molecule has 0 amide bonds. The minimum atomic E-state index is -2.18. The van der Waals surface area contributed by atoms with Crippen LogP contribution in [0, 0.1) is 11.3 Å². The van der Waals surface area contributed by atoms with Crippen LogP contribution in [0.1, 0.15) is 18.5 Å². The molecule has 5 heterocycles. The summed E-state index contributed by atoms with van der Waals surface area (Å²) in [4.78, 5) is 15.6. The molecule has 208 valence electrons. The van der Waals surface area contributed by atoms with E-state index < -0.39 is 9.73 Å². The number of nitrogens with zero attached hydrogens (tertiary/aromatic N) is 7. The normalized spacial score (nSPS) is 14.1. The van der Waals surface area contributed by atoms with Crippen LogP contribution in [-0.2, 0) is 9.73 Å². The molecule has 4 aromatic rings. The Hall–Kier alpha value is -4.37. The number of piperidine rings is 1. The summed E-state index contributed by atoms with van der Waals surface area (Å²) < 4.78 is 34.8. The number of imidazole rings is 1. The summed E-state index contributed by atoms with van der Waals surface area (Å²) in [6.45, 7) is 2.24. The first-order valence-corrected chi connectivity index (χ1v) is 15.2. The molecule has 1 fully saturated rings. The lowest BCUT2D eigenvalue weighted by atomic mass is 10.1. The third-order valence-corrected chi connectivity index (χ3v) is 7.29. The van der Waals surface area contributed by atoms with Crippen LogP contribution in [0.3, 0.4) is 0 Å². The number of fused-ring (bicyclic) bond motifs is 1. The average molecular weight is 562 g/mol. The Labute approximate surface area is 233 Å². The van der Waals surface area contributed by atoms with Crippen molar-refractivity contribution >= 4 is 21.2 Å². The molecule has 0 N–H and O–H groups in total. The fraction of sp³-hybridized carbons (Fsp3) is 0.357. The van der Waals surface area contributed by atoms with Gasteiger partial charge in [-0.25, -0.2) is 19.3 Å². The van der Waals surface area contributed by atoms with E-state index in [2.05, 4.69) is 25.3 Å². The number of nitriles is 1. The molecule has 0 atom stereocenters. The molecular weight excluding hydrogens is 530 g/mol. The third-order valence-electron chi connectivity index (χ3n) is 6.49. The zero-order valence-electron chi connectivity index (χ0n) is 22.7. The highest BCUT2D eigenvalue weighted by Gasteiger charge is 2.22. The predicted molar refractivity (Wildman–Crippen MR) is 153 cm³/mol. The second-order valence-corrected chi connectivity index (χ2v) is 12.3. The maximum atomic E-state index is 11.8. The molecule has 1 aliphatic rings. The van der Waals surface area contributed by atoms with Crippen LogP contribution in [0.4, 0.5) is 5.82 Å². The van der Waals surface area contributed by atoms with Gasteiger partial charge in [-0.05, 0) is 18.2 Å². The smallest absolute Gasteiger partial charge is 0.213 e. The van der Waals surface area contributed by atoms with Crippen molar-refractivity contribution in [3.63, 3.8) is 0 Å². The number of anilines is 1. The van der Waals surface area contributed by atoms with E-state index in [9.17, 15) is 9.47 Å². The highest BCUT2D eigenvalue weighted by molar-refractivity contribution is 7.92. The number of methoxy groups -OCH3 is 1. The summed E-state index contributed by atoms with van der Waals surface area (Å²) in [6.07, 6.45) is 10.1. The summed E-state index contributed by atoms with van der Waals surface area (Å²) in [5.74, 6) is 2.77. The van der Waals surface area contributed by atoms with Crippen molar-refractivity contribution in [2.75, 3.05) is 50.8 Å². The lowest BCUT2D eigenvalue weighted by Gasteiger charge is -2.33. The molecular formula is C28H31N7O4S. The summed E-state index contributed by atoms with van der Waals surface area (Å²) in [5, 5.41) is 9.64. The van der Waals surface area contributed by atoms with E-state index in [0.29, 0.717) is 29.5 Å². The number of hydrogen-bond acceptors (Lipinski definition) is 10. The van der Waals surface area contributed by atoms with Crippen LogP contribution in [0.5, 0.6) is 17.4 Å². The van der Waals surface area contributed by atoms with Gasteiger partial charge in [-0.3, -0.25) is 8.61 Å². The molecule has 5 rings (SSSR count). The molecule has 4 aromatic heterocycles. The van der Waals surface area contributed by atoms with Crippen LogP contribution >= 0.6 is 0 Å². The molecule has 0 spiro atoms. The second kappa shape index (κ2) is 11.8. The Balaban J connectivity index is 1.28. The molecule has 0 aromatic carbocycles. The van der Waals surface area contributed by atoms with Gasteiger partial charge in [0.2, 0.25) is 5.88 Å². The van der Waals surface area contributed by atoms with Gasteiger partial charge in [0, 0.05) is 78.1 Å². The maximum Gasteiger partial charge on any atom is 0.213 e. The lowest BCUT2D eigenvalue weighted by Crippen LogP contribution is -2.38. The molecule has 12 heteroatoms. The highest BCUT2D eigenvalue weighted by atomic mass is 32.2. The number of hydrogen-bond donors (Lipinski definition) is 0. The van der Waals surface area contributed by atoms with Crippen molar-refractivity contribution in [2.24, 2.45) is 4.36 Å². The van der Waals surface area contributed by atoms with Crippen LogP contribution in [0.25, 0.3) is 16.9 Å². The number of pyridine rings is 3. The third kappa shape index (κ3) is 6.43. The summed E-state index contributed by atoms with van der Waals surface area (Å²) in [5.41, 5.74) is 2.58. The Morgan fingerprint density at radius 3 is 2.52 bits per heavy atom. The lowest BCUT2D eigenvalue weighted by molar-refractivity contribution is 0.170. The fourth-order valence-corrected chi connectivity index (χ4v) is 5.08. The quantitative estimate of drug-likeness (QED) is 0.280. The first-order chi connectivity index (χ1) is 19.3. The van der Waals surface area contributed by atoms with Crippen molar-refractivity contribution in [2.45, 2.75) is 18.9 Å². The minimum Gasteiger partial charge on any atom is -0.491 e. The predicted octanol–water partition coefficient (Wildman–Crippen LogP) is 3.83. The molecule has 0 radical (unpaired) electrons. The molecule has 0 aliphatic carbocycles. The molecule has 1 aliphatic heterocycles. The van der Waals surface area contributed by atoms with Gasteiger partial charge in [0.1, 0.15) is 47.4 Å². The van der Waals surface area contributed by atoms with Gasteiger partial charge in [0.25, 0.3) is 0 Å². The van der Waals surface area contributed by atoms with E-state index in [0.717, 1.165) is 48.8 Å². The van der Waals surface area contributed by atoms with Crippen LogP contribution in [0.2, 0.25) is 0 Å². The van der Waals surface area contributed by atoms with Crippen LogP contribution in [-0.4, -0.2) is 75.5 Å². The summed E-state index contributed by atoms with van der Waals surface area (Å²) >= 11 is 0. The van der Waals surface area contributed by atoms with Gasteiger partial charge in [0.15, 0.2) is 0 Å². The van der Waals surface area contributed by atoms with Crippen molar-refractivity contribution in [1.29, 1.82) is 5.26 Å². The first-order valence-electron chi connectivity index (χ1n) is 12.9. The van der Waals surface area contributed by atoms with E-state index in [1.165, 1.54) is 6.20 Å². The minimum absolute atomic E-state index is 0.112. The summed E-state index contributed by atoms with van der Waals surface area (Å²) in [7, 11) is -0.593. The van der Waals surface area contributed by atoms with Gasteiger partial charge in [-0.2, -0.15) is 5.26 Å². The van der Waals surface area contributed by atoms with Gasteiger partial charge in [-0.1, -0.05) is 0 Å². The van der Waals surface area contributed by atoms with E-state index in [1.54, 1.807) is 48.5 Å². The molecule has 0 bridgehead atoms. The molecule has 0 unspecified atom stereocenters. The maximum absolute atomic E-state index is 11.8. The zero-order chi connectivity index (χ0) is 28.1. The Morgan fingerprint density at radius 2 is 1.88 bits per heavy atom. The van der Waals surface area contributed by atoms with E-state index in [-0.39, 0.29) is 12.7 Å². The van der Waals surface area contributed by atoms with Crippen molar-refractivity contribution in [1.82, 2.24) is 19.4 Å². The standard InChI is InChI=1S/C28H31N7O4S/c1-37-28-7-5-23(19-32-28)39-22-8-11-34(12-9-22)26-6-4-20(17-30-26)25-14-24(38-13-10-33-40(2,3)36)15-27-31-18-21(16-29)35(25)27/h4-7,14-15,17-19,22H,8-13H2,1-3H3. The average Bonchev–Trinajstić information content (AvgIpc) is 3.38.